The van der Waals surface area contributed by atoms with Gasteiger partial charge in [-0.3, -0.25) is 0 Å². The van der Waals surface area contributed by atoms with Crippen LogP contribution in [0.5, 0.6) is 5.75 Å². The van der Waals surface area contributed by atoms with Crippen LogP contribution in [-0.2, 0) is 12.0 Å². The van der Waals surface area contributed by atoms with Crippen molar-refractivity contribution in [2.75, 3.05) is 13.1 Å². The summed E-state index contributed by atoms with van der Waals surface area (Å²) in [5.41, 5.74) is 7.86. The van der Waals surface area contributed by atoms with Crippen molar-refractivity contribution in [3.63, 3.8) is 0 Å². The lowest BCUT2D eigenvalue weighted by Crippen LogP contribution is -2.36. The van der Waals surface area contributed by atoms with Gasteiger partial charge in [0.2, 0.25) is 0 Å². The Kier molecular flexibility index (Phi) is 6.63. The molecule has 0 fully saturated rings. The van der Waals surface area contributed by atoms with Crippen molar-refractivity contribution in [1.29, 1.82) is 0 Å². The summed E-state index contributed by atoms with van der Waals surface area (Å²) < 4.78 is 6.35. The number of hydrogen-bond acceptors (Lipinski definition) is 3. The Morgan fingerprint density at radius 3 is 2.36 bits per heavy atom. The van der Waals surface area contributed by atoms with E-state index in [1.54, 1.807) is 0 Å². The van der Waals surface area contributed by atoms with Crippen LogP contribution in [0.2, 0.25) is 0 Å². The van der Waals surface area contributed by atoms with Gasteiger partial charge in [0.1, 0.15) is 11.4 Å². The molecule has 3 nitrogen and oxygen atoms in total. The third kappa shape index (κ3) is 6.18. The first-order valence-electron chi connectivity index (χ1n) is 9.07. The number of ether oxygens (including phenoxy) is 1. The van der Waals surface area contributed by atoms with E-state index in [1.807, 2.05) is 12.1 Å². The molecule has 0 aliphatic heterocycles. The topological polar surface area (TPSA) is 47.3 Å². The molecular formula is C22H32N2O. The van der Waals surface area contributed by atoms with Gasteiger partial charge in [0.05, 0.1) is 0 Å². The van der Waals surface area contributed by atoms with Crippen LogP contribution in [0, 0.1) is 0 Å². The molecule has 136 valence electrons. The largest absolute Gasteiger partial charge is 0.488 e. The predicted octanol–water partition coefficient (Wildman–Crippen LogP) is 4.26. The Balaban J connectivity index is 2.04. The molecule has 25 heavy (non-hydrogen) atoms. The molecule has 3 heteroatoms. The zero-order valence-corrected chi connectivity index (χ0v) is 16.0. The lowest BCUT2D eigenvalue weighted by molar-refractivity contribution is 0.0765. The van der Waals surface area contributed by atoms with E-state index in [4.69, 9.17) is 10.5 Å². The fraction of sp³-hybridized carbons (Fsp3) is 0.455. The Morgan fingerprint density at radius 1 is 0.960 bits per heavy atom. The van der Waals surface area contributed by atoms with Crippen molar-refractivity contribution in [3.05, 3.63) is 65.7 Å². The van der Waals surface area contributed by atoms with Gasteiger partial charge in [-0.2, -0.15) is 0 Å². The fourth-order valence-corrected chi connectivity index (χ4v) is 3.46. The highest BCUT2D eigenvalue weighted by Crippen LogP contribution is 2.34. The maximum atomic E-state index is 6.35. The standard InChI is InChI=1S/C22H32N2O/c1-21(2,19-10-6-5-7-11-19)17-22(3,4)25-20-12-8-9-18(15-20)16-24-14-13-23/h5-12,15,24H,13-14,16-17,23H2,1-4H3. The second-order valence-electron chi connectivity index (χ2n) is 7.90. The summed E-state index contributed by atoms with van der Waals surface area (Å²) in [6.07, 6.45) is 0.930. The number of hydrogen-bond donors (Lipinski definition) is 2. The van der Waals surface area contributed by atoms with Crippen LogP contribution in [0.25, 0.3) is 0 Å². The van der Waals surface area contributed by atoms with E-state index in [0.717, 1.165) is 25.3 Å². The lowest BCUT2D eigenvalue weighted by atomic mass is 9.76. The van der Waals surface area contributed by atoms with E-state index in [0.29, 0.717) is 6.54 Å². The molecule has 3 N–H and O–H groups in total. The van der Waals surface area contributed by atoms with Gasteiger partial charge in [-0.05, 0) is 48.9 Å². The second kappa shape index (κ2) is 8.50. The summed E-state index contributed by atoms with van der Waals surface area (Å²) in [6, 6.07) is 18.9. The summed E-state index contributed by atoms with van der Waals surface area (Å²) >= 11 is 0. The lowest BCUT2D eigenvalue weighted by Gasteiger charge is -2.36. The number of rotatable bonds is 9. The van der Waals surface area contributed by atoms with Crippen LogP contribution in [0.15, 0.2) is 54.6 Å². The first-order chi connectivity index (χ1) is 11.8. The summed E-state index contributed by atoms with van der Waals surface area (Å²) in [7, 11) is 0. The molecule has 2 aromatic carbocycles. The van der Waals surface area contributed by atoms with Crippen LogP contribution in [0.4, 0.5) is 0 Å². The van der Waals surface area contributed by atoms with Crippen molar-refractivity contribution in [3.8, 4) is 5.75 Å². The van der Waals surface area contributed by atoms with E-state index in [9.17, 15) is 0 Å². The van der Waals surface area contributed by atoms with Crippen molar-refractivity contribution < 1.29 is 4.74 Å². The van der Waals surface area contributed by atoms with Gasteiger partial charge in [0.15, 0.2) is 0 Å². The predicted molar refractivity (Wildman–Crippen MR) is 106 cm³/mol. The molecule has 0 aliphatic carbocycles. The van der Waals surface area contributed by atoms with E-state index >= 15 is 0 Å². The van der Waals surface area contributed by atoms with Gasteiger partial charge >= 0.3 is 0 Å². The molecule has 0 aromatic heterocycles. The van der Waals surface area contributed by atoms with Gasteiger partial charge in [0.25, 0.3) is 0 Å². The molecule has 0 bridgehead atoms. The smallest absolute Gasteiger partial charge is 0.120 e. The molecule has 0 saturated heterocycles. The first kappa shape index (κ1) is 19.5. The van der Waals surface area contributed by atoms with E-state index in [-0.39, 0.29) is 11.0 Å². The summed E-state index contributed by atoms with van der Waals surface area (Å²) in [4.78, 5) is 0. The molecule has 0 radical (unpaired) electrons. The Hall–Kier alpha value is -1.84. The first-order valence-corrected chi connectivity index (χ1v) is 9.07. The monoisotopic (exact) mass is 340 g/mol. The Morgan fingerprint density at radius 2 is 1.68 bits per heavy atom. The molecule has 2 aromatic rings. The zero-order valence-electron chi connectivity index (χ0n) is 16.0. The van der Waals surface area contributed by atoms with Crippen LogP contribution in [-0.4, -0.2) is 18.7 Å². The summed E-state index contributed by atoms with van der Waals surface area (Å²) in [5, 5.41) is 3.32. The van der Waals surface area contributed by atoms with Crippen LogP contribution in [0.3, 0.4) is 0 Å². The van der Waals surface area contributed by atoms with Crippen LogP contribution >= 0.6 is 0 Å². The minimum atomic E-state index is -0.261. The summed E-state index contributed by atoms with van der Waals surface area (Å²) in [6.45, 7) is 11.2. The molecular weight excluding hydrogens is 308 g/mol. The number of nitrogens with two attached hydrogens (primary N) is 1. The normalized spacial score (nSPS) is 12.2. The number of nitrogens with one attached hydrogen (secondary N) is 1. The maximum absolute atomic E-state index is 6.35. The number of benzene rings is 2. The Bertz CT molecular complexity index is 650. The Labute approximate surface area is 152 Å². The highest BCUT2D eigenvalue weighted by molar-refractivity contribution is 5.29. The average molecular weight is 341 g/mol. The minimum Gasteiger partial charge on any atom is -0.488 e. The molecule has 0 saturated carbocycles. The van der Waals surface area contributed by atoms with Crippen molar-refractivity contribution in [1.82, 2.24) is 5.32 Å². The average Bonchev–Trinajstić information content (AvgIpc) is 2.55. The third-order valence-electron chi connectivity index (χ3n) is 4.37. The summed E-state index contributed by atoms with van der Waals surface area (Å²) in [5.74, 6) is 0.918. The maximum Gasteiger partial charge on any atom is 0.120 e. The van der Waals surface area contributed by atoms with Crippen molar-refractivity contribution in [2.45, 2.75) is 51.7 Å². The van der Waals surface area contributed by atoms with Gasteiger partial charge in [0, 0.05) is 19.6 Å². The van der Waals surface area contributed by atoms with Crippen molar-refractivity contribution in [2.24, 2.45) is 5.73 Å². The van der Waals surface area contributed by atoms with Gasteiger partial charge in [-0.15, -0.1) is 0 Å². The quantitative estimate of drug-likeness (QED) is 0.671. The molecule has 0 atom stereocenters. The van der Waals surface area contributed by atoms with E-state index < -0.39 is 0 Å². The zero-order chi connectivity index (χ0) is 18.3. The minimum absolute atomic E-state index is 0.0467. The molecule has 2 rings (SSSR count). The van der Waals surface area contributed by atoms with Crippen LogP contribution in [0.1, 0.15) is 45.2 Å². The van der Waals surface area contributed by atoms with Crippen molar-refractivity contribution >= 4 is 0 Å². The highest BCUT2D eigenvalue weighted by atomic mass is 16.5. The van der Waals surface area contributed by atoms with E-state index in [2.05, 4.69) is 75.5 Å². The molecule has 0 amide bonds. The van der Waals surface area contributed by atoms with Gasteiger partial charge in [-0.25, -0.2) is 0 Å². The van der Waals surface area contributed by atoms with E-state index in [1.165, 1.54) is 11.1 Å². The molecule has 0 spiro atoms. The van der Waals surface area contributed by atoms with Crippen LogP contribution < -0.4 is 15.8 Å². The fourth-order valence-electron chi connectivity index (χ4n) is 3.46. The SMILES string of the molecule is CC(C)(CC(C)(C)c1ccccc1)Oc1cccc(CNCCN)c1. The van der Waals surface area contributed by atoms with Gasteiger partial charge < -0.3 is 15.8 Å². The van der Waals surface area contributed by atoms with Gasteiger partial charge in [-0.1, -0.05) is 56.3 Å². The molecule has 0 heterocycles. The third-order valence-corrected chi connectivity index (χ3v) is 4.37. The highest BCUT2D eigenvalue weighted by Gasteiger charge is 2.31. The molecule has 0 unspecified atom stereocenters. The molecule has 0 aliphatic rings. The second-order valence-corrected chi connectivity index (χ2v) is 7.90.